The van der Waals surface area contributed by atoms with Gasteiger partial charge in [-0.2, -0.15) is 0 Å². The highest BCUT2D eigenvalue weighted by molar-refractivity contribution is 7.15. The zero-order valence-corrected chi connectivity index (χ0v) is 29.6. The van der Waals surface area contributed by atoms with Crippen LogP contribution in [0.4, 0.5) is 18.3 Å². The second kappa shape index (κ2) is 19.8. The van der Waals surface area contributed by atoms with E-state index in [1.165, 1.54) is 29.5 Å². The van der Waals surface area contributed by atoms with Gasteiger partial charge in [0.2, 0.25) is 17.1 Å². The fourth-order valence-electron chi connectivity index (χ4n) is 4.95. The highest BCUT2D eigenvalue weighted by Crippen LogP contribution is 2.26. The van der Waals surface area contributed by atoms with Crippen LogP contribution in [-0.4, -0.2) is 72.1 Å². The number of anilines is 1. The summed E-state index contributed by atoms with van der Waals surface area (Å²) in [5.41, 5.74) is 13.2. The summed E-state index contributed by atoms with van der Waals surface area (Å²) in [6.07, 6.45) is -0.728. The van der Waals surface area contributed by atoms with E-state index in [1.54, 1.807) is 30.3 Å². The number of halogens is 4. The lowest BCUT2D eigenvalue weighted by Gasteiger charge is -2.26. The van der Waals surface area contributed by atoms with E-state index in [0.29, 0.717) is 72.3 Å². The molecule has 0 spiro atoms. The molecular weight excluding hydrogens is 727 g/mol. The van der Waals surface area contributed by atoms with Gasteiger partial charge >= 0.3 is 12.3 Å². The van der Waals surface area contributed by atoms with Gasteiger partial charge in [-0.25, -0.2) is 0 Å². The quantitative estimate of drug-likeness (QED) is 0.0845. The smallest absolute Gasteiger partial charge is 0.447 e. The minimum absolute atomic E-state index is 0.0134. The van der Waals surface area contributed by atoms with E-state index in [9.17, 15) is 27.6 Å². The van der Waals surface area contributed by atoms with Crippen LogP contribution in [0.5, 0.6) is 5.75 Å². The minimum Gasteiger partial charge on any atom is -0.447 e. The molecule has 2 heterocycles. The number of hydrogen-bond acceptors (Lipinski definition) is 12. The highest BCUT2D eigenvalue weighted by Gasteiger charge is 2.31. The second-order valence-electron chi connectivity index (χ2n) is 11.6. The fourth-order valence-corrected chi connectivity index (χ4v) is 5.94. The van der Waals surface area contributed by atoms with Gasteiger partial charge in [-0.15, -0.1) is 23.4 Å². The maximum absolute atomic E-state index is 13.3. The molecule has 0 bridgehead atoms. The number of alkyl halides is 3. The Kier molecular flexibility index (Phi) is 15.2. The average Bonchev–Trinajstić information content (AvgIpc) is 3.53. The number of nitrogens with two attached hydrogens (primary N) is 2. The normalized spacial score (nSPS) is 14.8. The number of nitrogens with one attached hydrogen (secondary N) is 2. The van der Waals surface area contributed by atoms with Gasteiger partial charge in [0, 0.05) is 42.3 Å². The topological polar surface area (TPSA) is 184 Å². The van der Waals surface area contributed by atoms with Gasteiger partial charge in [0.15, 0.2) is 0 Å². The van der Waals surface area contributed by atoms with Crippen molar-refractivity contribution >= 4 is 45.9 Å². The van der Waals surface area contributed by atoms with Crippen molar-refractivity contribution in [1.82, 2.24) is 20.4 Å². The number of ether oxygens (including phenoxy) is 3. The van der Waals surface area contributed by atoms with Crippen molar-refractivity contribution in [1.29, 1.82) is 0 Å². The van der Waals surface area contributed by atoms with Crippen LogP contribution in [-0.2, 0) is 36.7 Å². The van der Waals surface area contributed by atoms with E-state index in [4.69, 9.17) is 32.5 Å². The number of carbonyl (C=O) groups is 3. The van der Waals surface area contributed by atoms with Crippen molar-refractivity contribution in [2.45, 2.75) is 51.0 Å². The third-order valence-corrected chi connectivity index (χ3v) is 8.57. The Morgan fingerprint density at radius 1 is 1.04 bits per heavy atom. The summed E-state index contributed by atoms with van der Waals surface area (Å²) in [6, 6.07) is 11.6. The number of morpholine rings is 1. The lowest BCUT2D eigenvalue weighted by atomic mass is 10.1. The zero-order valence-electron chi connectivity index (χ0n) is 28.0. The molecular formula is C34H39ClF3N7O6S. The van der Waals surface area contributed by atoms with Gasteiger partial charge < -0.3 is 31.0 Å². The lowest BCUT2D eigenvalue weighted by Crippen LogP contribution is -2.38. The molecule has 4 rings (SSSR count). The third kappa shape index (κ3) is 14.5. The molecule has 280 valence electrons. The van der Waals surface area contributed by atoms with Crippen LogP contribution in [0, 0.1) is 0 Å². The zero-order chi connectivity index (χ0) is 37.5. The van der Waals surface area contributed by atoms with Crippen molar-refractivity contribution < 1.29 is 41.8 Å². The molecule has 1 aromatic heterocycles. The molecule has 1 saturated heterocycles. The van der Waals surface area contributed by atoms with Gasteiger partial charge in [0.25, 0.3) is 5.91 Å². The number of unbranched alkanes of at least 4 members (excludes halogenated alkanes) is 1. The highest BCUT2D eigenvalue weighted by atomic mass is 35.5. The van der Waals surface area contributed by atoms with Gasteiger partial charge in [-0.3, -0.25) is 24.6 Å². The number of hydrogen-bond donors (Lipinski definition) is 4. The van der Waals surface area contributed by atoms with E-state index in [0.717, 1.165) is 25.2 Å². The summed E-state index contributed by atoms with van der Waals surface area (Å²) in [6.45, 7) is 3.15. The first kappa shape index (κ1) is 40.1. The molecule has 0 radical (unpaired) electrons. The largest absolute Gasteiger partial charge is 0.573 e. The van der Waals surface area contributed by atoms with Crippen molar-refractivity contribution in [3.63, 3.8) is 0 Å². The van der Waals surface area contributed by atoms with Crippen molar-refractivity contribution in [2.75, 3.05) is 38.2 Å². The lowest BCUT2D eigenvalue weighted by molar-refractivity contribution is -0.274. The maximum atomic E-state index is 13.3. The number of benzene rings is 2. The Hall–Kier alpha value is -4.71. The van der Waals surface area contributed by atoms with Crippen molar-refractivity contribution in [2.24, 2.45) is 11.5 Å². The van der Waals surface area contributed by atoms with Gasteiger partial charge in [0.05, 0.1) is 26.1 Å². The summed E-state index contributed by atoms with van der Waals surface area (Å²) in [7, 11) is 0. The van der Waals surface area contributed by atoms with E-state index >= 15 is 0 Å². The van der Waals surface area contributed by atoms with Crippen molar-refractivity contribution in [3.05, 3.63) is 93.4 Å². The predicted molar refractivity (Wildman–Crippen MR) is 188 cm³/mol. The molecule has 1 unspecified atom stereocenters. The molecule has 52 heavy (non-hydrogen) atoms. The number of amides is 2. The summed E-state index contributed by atoms with van der Waals surface area (Å²) in [5, 5.41) is 14.7. The van der Waals surface area contributed by atoms with E-state index in [-0.39, 0.29) is 23.8 Å². The van der Waals surface area contributed by atoms with Gasteiger partial charge in [0.1, 0.15) is 16.6 Å². The molecule has 6 N–H and O–H groups in total. The molecule has 1 fully saturated rings. The first-order valence-electron chi connectivity index (χ1n) is 16.3. The summed E-state index contributed by atoms with van der Waals surface area (Å²) < 4.78 is 52.2. The van der Waals surface area contributed by atoms with Crippen molar-refractivity contribution in [3.8, 4) is 5.75 Å². The van der Waals surface area contributed by atoms with Crippen LogP contribution in [0.3, 0.4) is 0 Å². The van der Waals surface area contributed by atoms with E-state index < -0.39 is 36.0 Å². The minimum atomic E-state index is -4.84. The fraction of sp³-hybridized carbons (Fsp3) is 0.382. The van der Waals surface area contributed by atoms with E-state index in [1.807, 2.05) is 0 Å². The molecule has 2 aromatic carbocycles. The molecule has 1 atom stereocenters. The molecule has 1 aliphatic heterocycles. The molecule has 2 amide bonds. The Balaban J connectivity index is 1.20. The Labute approximate surface area is 307 Å². The molecule has 18 heteroatoms. The molecule has 0 saturated carbocycles. The second-order valence-corrected chi connectivity index (χ2v) is 13.1. The Morgan fingerprint density at radius 3 is 2.56 bits per heavy atom. The maximum Gasteiger partial charge on any atom is 0.573 e. The molecule has 0 aliphatic carbocycles. The standard InChI is InChI=1S/C34H39ClF3N7O6S/c35-24-7-4-6-23(21-24)31(50-30(47)13-14-45-15-17-49-18-16-45)32(48)42-33-44-43-29(52-33)10-2-1-8-25(39)11-12-27(40)41-28(46)20-22-5-3-9-26(19-22)51-34(36,37)38/h3-7,9,11-12,19,21,31H,1-2,8,10,13-18,20,39-40H2,(H,41,46)(H,42,44,48)/b25-11-,27-12+. The number of nitrogens with zero attached hydrogens (tertiary/aromatic N) is 3. The third-order valence-electron chi connectivity index (χ3n) is 7.44. The predicted octanol–water partition coefficient (Wildman–Crippen LogP) is 4.75. The molecule has 3 aromatic rings. The van der Waals surface area contributed by atoms with Crippen LogP contribution in [0.25, 0.3) is 0 Å². The van der Waals surface area contributed by atoms with Crippen LogP contribution in [0.2, 0.25) is 5.02 Å². The van der Waals surface area contributed by atoms with E-state index in [2.05, 4.69) is 30.5 Å². The Morgan fingerprint density at radius 2 is 1.81 bits per heavy atom. The summed E-state index contributed by atoms with van der Waals surface area (Å²) in [5.74, 6) is -2.05. The molecule has 1 aliphatic rings. The van der Waals surface area contributed by atoms with Crippen LogP contribution >= 0.6 is 22.9 Å². The summed E-state index contributed by atoms with van der Waals surface area (Å²) >= 11 is 7.35. The SMILES string of the molecule is N/C(=C\C=C(/N)NC(=O)Cc1cccc(OC(F)(F)F)c1)CCCCc1nnc(NC(=O)C(OC(=O)CCN2CCOCC2)c2cccc(Cl)c2)s1. The number of aryl methyl sites for hydroxylation is 1. The van der Waals surface area contributed by atoms with Crippen LogP contribution in [0.15, 0.2) is 72.2 Å². The average molecular weight is 766 g/mol. The van der Waals surface area contributed by atoms with Gasteiger partial charge in [-0.05, 0) is 61.2 Å². The van der Waals surface area contributed by atoms with Gasteiger partial charge in [-0.1, -0.05) is 47.2 Å². The Bertz CT molecular complexity index is 1730. The van der Waals surface area contributed by atoms with Crippen LogP contribution < -0.4 is 26.8 Å². The number of esters is 1. The van der Waals surface area contributed by atoms with Crippen LogP contribution in [0.1, 0.15) is 47.9 Å². The molecule has 13 nitrogen and oxygen atoms in total. The number of carbonyl (C=O) groups excluding carboxylic acids is 3. The summed E-state index contributed by atoms with van der Waals surface area (Å²) in [4.78, 5) is 40.4. The number of allylic oxidation sites excluding steroid dienone is 3. The number of rotatable bonds is 17. The monoisotopic (exact) mass is 765 g/mol. The first-order valence-corrected chi connectivity index (χ1v) is 17.5. The first-order chi connectivity index (χ1) is 24.8. The number of aromatic nitrogens is 2.